The summed E-state index contributed by atoms with van der Waals surface area (Å²) >= 11 is 0. The Kier molecular flexibility index (Phi) is 3.75. The quantitative estimate of drug-likeness (QED) is 0.887. The van der Waals surface area contributed by atoms with Crippen LogP contribution in [0.1, 0.15) is 55.0 Å². The van der Waals surface area contributed by atoms with Crippen molar-refractivity contribution in [3.05, 3.63) is 40.6 Å². The average molecular weight is 283 g/mol. The molecule has 112 valence electrons. The van der Waals surface area contributed by atoms with Crippen LogP contribution in [0.3, 0.4) is 0 Å². The molecule has 3 heteroatoms. The second-order valence-electron chi connectivity index (χ2n) is 6.43. The molecule has 1 aliphatic rings. The van der Waals surface area contributed by atoms with Crippen molar-refractivity contribution in [2.45, 2.75) is 52.9 Å². The summed E-state index contributed by atoms with van der Waals surface area (Å²) in [5.41, 5.74) is 6.47. The zero-order valence-electron chi connectivity index (χ0n) is 13.5. The molecule has 0 saturated carbocycles. The van der Waals surface area contributed by atoms with Crippen molar-refractivity contribution >= 4 is 5.82 Å². The van der Waals surface area contributed by atoms with Crippen LogP contribution in [-0.2, 0) is 6.42 Å². The standard InChI is InChI=1S/C18H25N3/c1-12(2)17-16-7-5-6-10-19-18(16)21(20-17)15-9-8-13(3)14(4)11-15/h8-9,11-12,19H,5-7,10H2,1-4H3. The fourth-order valence-corrected chi connectivity index (χ4v) is 3.04. The van der Waals surface area contributed by atoms with Crippen LogP contribution in [0.4, 0.5) is 5.82 Å². The molecular formula is C18H25N3. The van der Waals surface area contributed by atoms with Crippen molar-refractivity contribution < 1.29 is 0 Å². The minimum absolute atomic E-state index is 0.464. The van der Waals surface area contributed by atoms with Crippen LogP contribution < -0.4 is 5.32 Å². The van der Waals surface area contributed by atoms with Gasteiger partial charge in [0.05, 0.1) is 11.4 Å². The fourth-order valence-electron chi connectivity index (χ4n) is 3.04. The Morgan fingerprint density at radius 2 is 1.95 bits per heavy atom. The zero-order valence-corrected chi connectivity index (χ0v) is 13.5. The Balaban J connectivity index is 2.15. The molecule has 0 fully saturated rings. The van der Waals surface area contributed by atoms with Gasteiger partial charge < -0.3 is 5.32 Å². The van der Waals surface area contributed by atoms with E-state index in [1.807, 2.05) is 0 Å². The normalized spacial score (nSPS) is 14.7. The van der Waals surface area contributed by atoms with Gasteiger partial charge in [0.2, 0.25) is 0 Å². The van der Waals surface area contributed by atoms with Crippen molar-refractivity contribution in [3.8, 4) is 5.69 Å². The van der Waals surface area contributed by atoms with Gasteiger partial charge in [-0.15, -0.1) is 0 Å². The number of nitrogens with zero attached hydrogens (tertiary/aromatic N) is 2. The molecule has 1 aromatic heterocycles. The highest BCUT2D eigenvalue weighted by molar-refractivity contribution is 5.55. The smallest absolute Gasteiger partial charge is 0.133 e. The lowest BCUT2D eigenvalue weighted by atomic mass is 10.0. The van der Waals surface area contributed by atoms with Crippen molar-refractivity contribution in [2.75, 3.05) is 11.9 Å². The maximum atomic E-state index is 4.93. The molecule has 2 aromatic rings. The minimum Gasteiger partial charge on any atom is -0.370 e. The highest BCUT2D eigenvalue weighted by Crippen LogP contribution is 2.32. The summed E-state index contributed by atoms with van der Waals surface area (Å²) in [5.74, 6) is 1.67. The third-order valence-corrected chi connectivity index (χ3v) is 4.44. The van der Waals surface area contributed by atoms with Crippen LogP contribution >= 0.6 is 0 Å². The maximum absolute atomic E-state index is 4.93. The summed E-state index contributed by atoms with van der Waals surface area (Å²) in [4.78, 5) is 0. The molecule has 21 heavy (non-hydrogen) atoms. The highest BCUT2D eigenvalue weighted by Gasteiger charge is 2.22. The van der Waals surface area contributed by atoms with E-state index in [9.17, 15) is 0 Å². The number of fused-ring (bicyclic) bond motifs is 1. The van der Waals surface area contributed by atoms with E-state index in [4.69, 9.17) is 5.10 Å². The molecule has 0 unspecified atom stereocenters. The second-order valence-corrected chi connectivity index (χ2v) is 6.43. The molecule has 2 heterocycles. The first-order valence-corrected chi connectivity index (χ1v) is 8.01. The van der Waals surface area contributed by atoms with Crippen LogP contribution in [0, 0.1) is 13.8 Å². The molecule has 0 bridgehead atoms. The largest absolute Gasteiger partial charge is 0.370 e. The summed E-state index contributed by atoms with van der Waals surface area (Å²) in [6.45, 7) is 9.83. The molecule has 1 N–H and O–H groups in total. The highest BCUT2D eigenvalue weighted by atomic mass is 15.3. The van der Waals surface area contributed by atoms with Crippen LogP contribution in [0.25, 0.3) is 5.69 Å². The number of hydrogen-bond acceptors (Lipinski definition) is 2. The number of aromatic nitrogens is 2. The van der Waals surface area contributed by atoms with E-state index in [0.29, 0.717) is 5.92 Å². The topological polar surface area (TPSA) is 29.9 Å². The van der Waals surface area contributed by atoms with Gasteiger partial charge in [0.15, 0.2) is 0 Å². The van der Waals surface area contributed by atoms with Crippen LogP contribution in [-0.4, -0.2) is 16.3 Å². The van der Waals surface area contributed by atoms with E-state index in [0.717, 1.165) is 18.7 Å². The van der Waals surface area contributed by atoms with Gasteiger partial charge in [0.25, 0.3) is 0 Å². The van der Waals surface area contributed by atoms with Crippen LogP contribution in [0.5, 0.6) is 0 Å². The Morgan fingerprint density at radius 3 is 2.67 bits per heavy atom. The first-order valence-electron chi connectivity index (χ1n) is 8.01. The maximum Gasteiger partial charge on any atom is 0.133 e. The molecule has 0 spiro atoms. The first kappa shape index (κ1) is 14.2. The van der Waals surface area contributed by atoms with Gasteiger partial charge in [-0.25, -0.2) is 4.68 Å². The van der Waals surface area contributed by atoms with Gasteiger partial charge in [-0.2, -0.15) is 5.10 Å². The van der Waals surface area contributed by atoms with E-state index in [1.54, 1.807) is 0 Å². The van der Waals surface area contributed by atoms with Crippen LogP contribution in [0.2, 0.25) is 0 Å². The van der Waals surface area contributed by atoms with E-state index in [2.05, 4.69) is 55.9 Å². The molecule has 0 saturated heterocycles. The lowest BCUT2D eigenvalue weighted by molar-refractivity contribution is 0.731. The molecule has 0 aliphatic carbocycles. The van der Waals surface area contributed by atoms with Gasteiger partial charge in [-0.3, -0.25) is 0 Å². The molecule has 0 amide bonds. The van der Waals surface area contributed by atoms with Crippen molar-refractivity contribution in [1.82, 2.24) is 9.78 Å². The summed E-state index contributed by atoms with van der Waals surface area (Å²) < 4.78 is 2.11. The van der Waals surface area contributed by atoms with E-state index in [-0.39, 0.29) is 0 Å². The Hall–Kier alpha value is -1.77. The number of hydrogen-bond donors (Lipinski definition) is 1. The SMILES string of the molecule is Cc1ccc(-n2nc(C(C)C)c3c2NCCCC3)cc1C. The summed E-state index contributed by atoms with van der Waals surface area (Å²) in [7, 11) is 0. The van der Waals surface area contributed by atoms with Gasteiger partial charge in [-0.05, 0) is 62.3 Å². The number of anilines is 1. The second kappa shape index (κ2) is 5.55. The van der Waals surface area contributed by atoms with E-state index in [1.165, 1.54) is 41.0 Å². The molecule has 1 aliphatic heterocycles. The van der Waals surface area contributed by atoms with E-state index < -0.39 is 0 Å². The van der Waals surface area contributed by atoms with Gasteiger partial charge in [0, 0.05) is 12.1 Å². The predicted octanol–water partition coefficient (Wildman–Crippen LogP) is 4.36. The van der Waals surface area contributed by atoms with Gasteiger partial charge in [-0.1, -0.05) is 19.9 Å². The zero-order chi connectivity index (χ0) is 15.0. The van der Waals surface area contributed by atoms with Crippen LogP contribution in [0.15, 0.2) is 18.2 Å². The van der Waals surface area contributed by atoms with Gasteiger partial charge >= 0.3 is 0 Å². The van der Waals surface area contributed by atoms with Crippen molar-refractivity contribution in [3.63, 3.8) is 0 Å². The molecule has 1 aromatic carbocycles. The number of nitrogens with one attached hydrogen (secondary N) is 1. The average Bonchev–Trinajstić information content (AvgIpc) is 2.65. The number of aryl methyl sites for hydroxylation is 2. The summed E-state index contributed by atoms with van der Waals surface area (Å²) in [5, 5.41) is 8.53. The molecule has 3 rings (SSSR count). The third kappa shape index (κ3) is 2.57. The Bertz CT molecular complexity index is 653. The van der Waals surface area contributed by atoms with Gasteiger partial charge in [0.1, 0.15) is 5.82 Å². The van der Waals surface area contributed by atoms with Crippen molar-refractivity contribution in [1.29, 1.82) is 0 Å². The molecule has 0 radical (unpaired) electrons. The lowest BCUT2D eigenvalue weighted by Gasteiger charge is -2.11. The summed E-state index contributed by atoms with van der Waals surface area (Å²) in [6.07, 6.45) is 3.62. The monoisotopic (exact) mass is 283 g/mol. The molecular weight excluding hydrogens is 258 g/mol. The lowest BCUT2D eigenvalue weighted by Crippen LogP contribution is -2.07. The first-order chi connectivity index (χ1) is 10.1. The summed E-state index contributed by atoms with van der Waals surface area (Å²) in [6, 6.07) is 6.59. The number of benzene rings is 1. The fraction of sp³-hybridized carbons (Fsp3) is 0.500. The predicted molar refractivity (Wildman–Crippen MR) is 88.6 cm³/mol. The Labute approximate surface area is 127 Å². The molecule has 0 atom stereocenters. The number of rotatable bonds is 2. The third-order valence-electron chi connectivity index (χ3n) is 4.44. The minimum atomic E-state index is 0.464. The molecule has 3 nitrogen and oxygen atoms in total. The van der Waals surface area contributed by atoms with Crippen molar-refractivity contribution in [2.24, 2.45) is 0 Å². The van der Waals surface area contributed by atoms with E-state index >= 15 is 0 Å². The Morgan fingerprint density at radius 1 is 1.14 bits per heavy atom.